The van der Waals surface area contributed by atoms with E-state index in [1.807, 2.05) is 0 Å². The molecule has 3 heterocycles. The van der Waals surface area contributed by atoms with Crippen LogP contribution in [0.5, 0.6) is 0 Å². The van der Waals surface area contributed by atoms with Crippen LogP contribution in [0.15, 0.2) is 48.8 Å². The topological polar surface area (TPSA) is 71.2 Å². The second kappa shape index (κ2) is 8.75. The van der Waals surface area contributed by atoms with Crippen LogP contribution in [-0.4, -0.2) is 49.4 Å². The van der Waals surface area contributed by atoms with Gasteiger partial charge in [-0.05, 0) is 42.7 Å². The van der Waals surface area contributed by atoms with E-state index in [4.69, 9.17) is 11.6 Å². The Hall–Kier alpha value is -2.98. The summed E-state index contributed by atoms with van der Waals surface area (Å²) in [7, 11) is 0. The van der Waals surface area contributed by atoms with Gasteiger partial charge >= 0.3 is 6.18 Å². The highest BCUT2D eigenvalue weighted by Gasteiger charge is 2.43. The van der Waals surface area contributed by atoms with Gasteiger partial charge in [-0.1, -0.05) is 23.7 Å². The third kappa shape index (κ3) is 4.86. The number of nitrogens with zero attached hydrogens (tertiary/aromatic N) is 4. The zero-order valence-corrected chi connectivity index (χ0v) is 17.9. The normalized spacial score (nSPS) is 16.1. The molecule has 0 radical (unpaired) electrons. The molecule has 0 atom stereocenters. The summed E-state index contributed by atoms with van der Waals surface area (Å²) in [5.74, 6) is -1.52. The fourth-order valence-electron chi connectivity index (χ4n) is 3.97. The second-order valence-electron chi connectivity index (χ2n) is 7.95. The van der Waals surface area contributed by atoms with Gasteiger partial charge in [0.15, 0.2) is 11.5 Å². The molecule has 3 aromatic rings. The zero-order chi connectivity index (χ0) is 23.8. The quantitative estimate of drug-likeness (QED) is 0.563. The Kier molecular flexibility index (Phi) is 6.15. The van der Waals surface area contributed by atoms with E-state index in [1.54, 1.807) is 6.07 Å². The van der Waals surface area contributed by atoms with Crippen molar-refractivity contribution in [1.82, 2.24) is 19.7 Å². The summed E-state index contributed by atoms with van der Waals surface area (Å²) in [4.78, 5) is 18.1. The summed E-state index contributed by atoms with van der Waals surface area (Å²) in [6.45, 7) is 0.0783. The summed E-state index contributed by atoms with van der Waals surface area (Å²) in [5, 5.41) is 14.6. The minimum absolute atomic E-state index is 0.0392. The van der Waals surface area contributed by atoms with Gasteiger partial charge in [0, 0.05) is 25.7 Å². The Balaban J connectivity index is 1.55. The number of carbonyl (C=O) groups is 1. The van der Waals surface area contributed by atoms with Crippen LogP contribution in [-0.2, 0) is 12.6 Å². The lowest BCUT2D eigenvalue weighted by Crippen LogP contribution is -2.48. The first-order valence-corrected chi connectivity index (χ1v) is 10.5. The monoisotopic (exact) mass is 482 g/mol. The molecule has 0 bridgehead atoms. The summed E-state index contributed by atoms with van der Waals surface area (Å²) in [6, 6.07) is 8.68. The van der Waals surface area contributed by atoms with Crippen molar-refractivity contribution in [3.05, 3.63) is 76.5 Å². The first-order chi connectivity index (χ1) is 15.6. The average Bonchev–Trinajstić information content (AvgIpc) is 3.19. The van der Waals surface area contributed by atoms with Gasteiger partial charge in [0.25, 0.3) is 5.91 Å². The van der Waals surface area contributed by atoms with E-state index in [1.165, 1.54) is 41.4 Å². The molecule has 0 saturated carbocycles. The molecule has 0 unspecified atom stereocenters. The van der Waals surface area contributed by atoms with Crippen LogP contribution < -0.4 is 0 Å². The van der Waals surface area contributed by atoms with Crippen molar-refractivity contribution in [2.45, 2.75) is 31.0 Å². The Morgan fingerprint density at radius 3 is 2.55 bits per heavy atom. The van der Waals surface area contributed by atoms with Gasteiger partial charge in [0.1, 0.15) is 5.82 Å². The molecular weight excluding hydrogens is 464 g/mol. The molecule has 2 aromatic heterocycles. The van der Waals surface area contributed by atoms with Gasteiger partial charge < -0.3 is 10.0 Å². The van der Waals surface area contributed by atoms with Gasteiger partial charge in [0.2, 0.25) is 0 Å². The number of likely N-dealkylation sites (tertiary alicyclic amines) is 1. The summed E-state index contributed by atoms with van der Waals surface area (Å²) in [5.41, 5.74) is -2.48. The number of pyridine rings is 1. The summed E-state index contributed by atoms with van der Waals surface area (Å²) in [6.07, 6.45) is -2.32. The Morgan fingerprint density at radius 2 is 1.91 bits per heavy atom. The van der Waals surface area contributed by atoms with Crippen molar-refractivity contribution >= 4 is 17.5 Å². The number of carbonyl (C=O) groups excluding carboxylic acids is 1. The molecule has 1 aromatic carbocycles. The summed E-state index contributed by atoms with van der Waals surface area (Å²) < 4.78 is 55.7. The van der Waals surface area contributed by atoms with E-state index in [9.17, 15) is 27.5 Å². The van der Waals surface area contributed by atoms with Crippen LogP contribution in [0.25, 0.3) is 5.82 Å². The average molecular weight is 483 g/mol. The number of hydrogen-bond donors (Lipinski definition) is 1. The van der Waals surface area contributed by atoms with Crippen molar-refractivity contribution in [1.29, 1.82) is 0 Å². The van der Waals surface area contributed by atoms with E-state index in [0.29, 0.717) is 10.2 Å². The number of hydrogen-bond acceptors (Lipinski definition) is 4. The second-order valence-corrected chi connectivity index (χ2v) is 8.36. The van der Waals surface area contributed by atoms with Crippen LogP contribution in [0, 0.1) is 5.82 Å². The van der Waals surface area contributed by atoms with E-state index in [0.717, 1.165) is 6.20 Å². The van der Waals surface area contributed by atoms with Gasteiger partial charge in [-0.2, -0.15) is 18.3 Å². The minimum Gasteiger partial charge on any atom is -0.389 e. The molecule has 1 saturated heterocycles. The molecule has 1 fully saturated rings. The number of benzene rings is 1. The van der Waals surface area contributed by atoms with Gasteiger partial charge in [-0.3, -0.25) is 4.79 Å². The third-order valence-electron chi connectivity index (χ3n) is 5.61. The van der Waals surface area contributed by atoms with Gasteiger partial charge in [-0.15, -0.1) is 0 Å². The molecule has 1 amide bonds. The van der Waals surface area contributed by atoms with Crippen molar-refractivity contribution < 1.29 is 27.5 Å². The minimum atomic E-state index is -4.89. The predicted molar refractivity (Wildman–Crippen MR) is 112 cm³/mol. The van der Waals surface area contributed by atoms with E-state index in [2.05, 4.69) is 10.1 Å². The Labute approximate surface area is 191 Å². The molecular formula is C22H19ClF4N4O2. The smallest absolute Gasteiger partial charge is 0.389 e. The summed E-state index contributed by atoms with van der Waals surface area (Å²) >= 11 is 5.99. The fourth-order valence-corrected chi connectivity index (χ4v) is 4.17. The highest BCUT2D eigenvalue weighted by molar-refractivity contribution is 6.32. The molecule has 33 heavy (non-hydrogen) atoms. The first kappa shape index (κ1) is 23.2. The third-order valence-corrected chi connectivity index (χ3v) is 5.91. The molecule has 6 nitrogen and oxygen atoms in total. The van der Waals surface area contributed by atoms with Crippen molar-refractivity contribution in [3.63, 3.8) is 0 Å². The van der Waals surface area contributed by atoms with Crippen molar-refractivity contribution in [3.8, 4) is 5.82 Å². The van der Waals surface area contributed by atoms with Crippen LogP contribution >= 0.6 is 11.6 Å². The van der Waals surface area contributed by atoms with Gasteiger partial charge in [0.05, 0.1) is 22.4 Å². The maximum atomic E-state index is 13.9. The SMILES string of the molecule is O=C(c1cnn(-c2ncccc2Cl)c1C(F)(F)F)N1CCC(O)(Cc2cccc(F)c2)CC1. The van der Waals surface area contributed by atoms with Crippen LogP contribution in [0.2, 0.25) is 5.02 Å². The van der Waals surface area contributed by atoms with Crippen molar-refractivity contribution in [2.75, 3.05) is 13.1 Å². The molecule has 1 aliphatic rings. The van der Waals surface area contributed by atoms with Gasteiger partial charge in [-0.25, -0.2) is 14.1 Å². The van der Waals surface area contributed by atoms with E-state index >= 15 is 0 Å². The zero-order valence-electron chi connectivity index (χ0n) is 17.2. The molecule has 1 aliphatic heterocycles. The number of piperidine rings is 1. The molecule has 0 aliphatic carbocycles. The molecule has 4 rings (SSSR count). The molecule has 174 valence electrons. The number of amides is 1. The number of halogens is 5. The van der Waals surface area contributed by atoms with E-state index in [-0.39, 0.29) is 43.2 Å². The standard InChI is InChI=1S/C22H19ClF4N4O2/c23-17-5-2-8-28-19(17)31-18(22(25,26)27)16(13-29-31)20(32)30-9-6-21(33,7-10-30)12-14-3-1-4-15(24)11-14/h1-5,8,11,13,33H,6-7,9-10,12H2. The highest BCUT2D eigenvalue weighted by Crippen LogP contribution is 2.36. The predicted octanol–water partition coefficient (Wildman–Crippen LogP) is 4.29. The maximum Gasteiger partial charge on any atom is 0.434 e. The highest BCUT2D eigenvalue weighted by atomic mass is 35.5. The number of aromatic nitrogens is 3. The number of rotatable bonds is 4. The molecule has 1 N–H and O–H groups in total. The van der Waals surface area contributed by atoms with E-state index < -0.39 is 34.8 Å². The molecule has 11 heteroatoms. The van der Waals surface area contributed by atoms with Crippen LogP contribution in [0.4, 0.5) is 17.6 Å². The fraction of sp³-hybridized carbons (Fsp3) is 0.318. The van der Waals surface area contributed by atoms with Crippen LogP contribution in [0.3, 0.4) is 0 Å². The lowest BCUT2D eigenvalue weighted by Gasteiger charge is -2.38. The Bertz CT molecular complexity index is 1170. The number of aliphatic hydroxyl groups is 1. The van der Waals surface area contributed by atoms with Crippen LogP contribution in [0.1, 0.15) is 34.5 Å². The van der Waals surface area contributed by atoms with Crippen molar-refractivity contribution in [2.24, 2.45) is 0 Å². The number of alkyl halides is 3. The molecule has 0 spiro atoms. The lowest BCUT2D eigenvalue weighted by molar-refractivity contribution is -0.143. The largest absolute Gasteiger partial charge is 0.434 e. The first-order valence-electron chi connectivity index (χ1n) is 10.1. The Morgan fingerprint density at radius 1 is 1.18 bits per heavy atom. The maximum absolute atomic E-state index is 13.9. The lowest BCUT2D eigenvalue weighted by atomic mass is 9.85.